The fraction of sp³-hybridized carbons (Fsp3) is 0.462. The van der Waals surface area contributed by atoms with Gasteiger partial charge in [-0.2, -0.15) is 0 Å². The third kappa shape index (κ3) is 3.04. The molecule has 0 bridgehead atoms. The first kappa shape index (κ1) is 14.2. The maximum Gasteiger partial charge on any atom is 0.138 e. The van der Waals surface area contributed by atoms with Crippen molar-refractivity contribution in [3.05, 3.63) is 33.1 Å². The Labute approximate surface area is 122 Å². The van der Waals surface area contributed by atoms with Crippen molar-refractivity contribution in [1.29, 1.82) is 0 Å². The van der Waals surface area contributed by atoms with E-state index in [1.165, 1.54) is 11.2 Å². The molecule has 4 nitrogen and oxygen atoms in total. The first-order valence-corrected chi connectivity index (χ1v) is 7.37. The van der Waals surface area contributed by atoms with Crippen molar-refractivity contribution in [3.63, 3.8) is 0 Å². The maximum atomic E-state index is 6.19. The van der Waals surface area contributed by atoms with Crippen molar-refractivity contribution in [2.75, 3.05) is 11.9 Å². The summed E-state index contributed by atoms with van der Waals surface area (Å²) >= 11 is 7.86. The monoisotopic (exact) mass is 296 g/mol. The third-order valence-corrected chi connectivity index (χ3v) is 4.20. The van der Waals surface area contributed by atoms with Crippen LogP contribution in [0.5, 0.6) is 0 Å². The predicted molar refractivity (Wildman–Crippen MR) is 80.1 cm³/mol. The average molecular weight is 297 g/mol. The highest BCUT2D eigenvalue weighted by Crippen LogP contribution is 2.31. The highest BCUT2D eigenvalue weighted by Gasteiger charge is 2.17. The van der Waals surface area contributed by atoms with E-state index in [4.69, 9.17) is 11.6 Å². The summed E-state index contributed by atoms with van der Waals surface area (Å²) in [6.45, 7) is 7.00. The molecule has 2 heterocycles. The van der Waals surface area contributed by atoms with Crippen molar-refractivity contribution in [2.45, 2.75) is 33.2 Å². The maximum absolute atomic E-state index is 6.19. The van der Waals surface area contributed by atoms with Gasteiger partial charge in [0, 0.05) is 17.5 Å². The van der Waals surface area contributed by atoms with Crippen LogP contribution in [0.15, 0.2) is 11.8 Å². The van der Waals surface area contributed by atoms with Gasteiger partial charge in [-0.1, -0.05) is 25.4 Å². The van der Waals surface area contributed by atoms with Crippen LogP contribution < -0.4 is 4.90 Å². The molecule has 102 valence electrons. The van der Waals surface area contributed by atoms with Crippen LogP contribution in [0, 0.1) is 6.92 Å². The molecule has 0 saturated carbocycles. The molecule has 6 heteroatoms. The van der Waals surface area contributed by atoms with Crippen LogP contribution >= 0.6 is 22.9 Å². The molecule has 0 N–H and O–H groups in total. The van der Waals surface area contributed by atoms with Crippen LogP contribution in [-0.4, -0.2) is 22.0 Å². The standard InChI is InChI=1S/C13H17ClN4S/c1-8(2)11-12(14)15-6-16-13(11)18(4)5-10-9(3)17-7-19-10/h6-8H,5H2,1-4H3. The largest absolute Gasteiger partial charge is 0.354 e. The van der Waals surface area contributed by atoms with Crippen LogP contribution in [0.25, 0.3) is 0 Å². The average Bonchev–Trinajstić information content (AvgIpc) is 2.74. The summed E-state index contributed by atoms with van der Waals surface area (Å²) in [5, 5.41) is 0.535. The lowest BCUT2D eigenvalue weighted by Crippen LogP contribution is -2.20. The topological polar surface area (TPSA) is 41.9 Å². The van der Waals surface area contributed by atoms with Crippen LogP contribution in [0.3, 0.4) is 0 Å². The minimum Gasteiger partial charge on any atom is -0.354 e. The number of halogens is 1. The number of rotatable bonds is 4. The van der Waals surface area contributed by atoms with Gasteiger partial charge in [0.15, 0.2) is 0 Å². The van der Waals surface area contributed by atoms with E-state index >= 15 is 0 Å². The molecule has 2 aromatic rings. The van der Waals surface area contributed by atoms with E-state index < -0.39 is 0 Å². The lowest BCUT2D eigenvalue weighted by Gasteiger charge is -2.22. The van der Waals surface area contributed by atoms with E-state index in [0.29, 0.717) is 5.15 Å². The Morgan fingerprint density at radius 1 is 1.32 bits per heavy atom. The second-order valence-electron chi connectivity index (χ2n) is 4.77. The van der Waals surface area contributed by atoms with Crippen LogP contribution in [0.1, 0.15) is 35.9 Å². The molecule has 0 aliphatic rings. The summed E-state index contributed by atoms with van der Waals surface area (Å²) in [6.07, 6.45) is 1.51. The third-order valence-electron chi connectivity index (χ3n) is 2.98. The van der Waals surface area contributed by atoms with Gasteiger partial charge >= 0.3 is 0 Å². The first-order chi connectivity index (χ1) is 9.00. The molecule has 0 aliphatic heterocycles. The van der Waals surface area contributed by atoms with Crippen molar-refractivity contribution in [3.8, 4) is 0 Å². The Balaban J connectivity index is 2.31. The van der Waals surface area contributed by atoms with Gasteiger partial charge < -0.3 is 4.90 Å². The minimum absolute atomic E-state index is 0.286. The summed E-state index contributed by atoms with van der Waals surface area (Å²) in [6, 6.07) is 0. The van der Waals surface area contributed by atoms with Gasteiger partial charge in [0.25, 0.3) is 0 Å². The zero-order valence-corrected chi connectivity index (χ0v) is 13.1. The van der Waals surface area contributed by atoms with Crippen molar-refractivity contribution >= 4 is 28.8 Å². The molecule has 0 atom stereocenters. The first-order valence-electron chi connectivity index (χ1n) is 6.11. The molecule has 0 saturated heterocycles. The number of anilines is 1. The number of hydrogen-bond acceptors (Lipinski definition) is 5. The van der Waals surface area contributed by atoms with Crippen LogP contribution in [0.4, 0.5) is 5.82 Å². The van der Waals surface area contributed by atoms with Gasteiger partial charge in [-0.3, -0.25) is 0 Å². The number of thiazole rings is 1. The van der Waals surface area contributed by atoms with Gasteiger partial charge in [0.05, 0.1) is 17.7 Å². The van der Waals surface area contributed by atoms with Crippen LogP contribution in [0.2, 0.25) is 5.15 Å². The Morgan fingerprint density at radius 2 is 2.05 bits per heavy atom. The molecule has 0 radical (unpaired) electrons. The molecule has 2 aromatic heterocycles. The molecule has 0 fully saturated rings. The Morgan fingerprint density at radius 3 is 2.63 bits per heavy atom. The summed E-state index contributed by atoms with van der Waals surface area (Å²) in [7, 11) is 2.02. The van der Waals surface area contributed by atoms with Crippen molar-refractivity contribution in [2.24, 2.45) is 0 Å². The van der Waals surface area contributed by atoms with Gasteiger partial charge in [0.1, 0.15) is 17.3 Å². The van der Waals surface area contributed by atoms with Gasteiger partial charge in [-0.05, 0) is 12.8 Å². The zero-order chi connectivity index (χ0) is 14.0. The lowest BCUT2D eigenvalue weighted by atomic mass is 10.1. The van der Waals surface area contributed by atoms with Crippen molar-refractivity contribution in [1.82, 2.24) is 15.0 Å². The van der Waals surface area contributed by atoms with E-state index in [0.717, 1.165) is 23.6 Å². The smallest absolute Gasteiger partial charge is 0.138 e. The summed E-state index contributed by atoms with van der Waals surface area (Å²) < 4.78 is 0. The molecule has 0 spiro atoms. The van der Waals surface area contributed by atoms with Gasteiger partial charge in [0.2, 0.25) is 0 Å². The molecular formula is C13H17ClN4S. The molecule has 0 amide bonds. The fourth-order valence-corrected chi connectivity index (χ4v) is 3.11. The van der Waals surface area contributed by atoms with Crippen molar-refractivity contribution < 1.29 is 0 Å². The second-order valence-corrected chi connectivity index (χ2v) is 6.07. The molecule has 19 heavy (non-hydrogen) atoms. The van der Waals surface area contributed by atoms with Crippen LogP contribution in [-0.2, 0) is 6.54 Å². The predicted octanol–water partition coefficient (Wildman–Crippen LogP) is 3.65. The summed E-state index contributed by atoms with van der Waals surface area (Å²) in [5.74, 6) is 1.18. The highest BCUT2D eigenvalue weighted by atomic mass is 35.5. The highest BCUT2D eigenvalue weighted by molar-refractivity contribution is 7.09. The second kappa shape index (κ2) is 5.84. The molecule has 0 unspecified atom stereocenters. The summed E-state index contributed by atoms with van der Waals surface area (Å²) in [5.41, 5.74) is 3.94. The number of aromatic nitrogens is 3. The van der Waals surface area contributed by atoms with E-state index in [2.05, 4.69) is 33.7 Å². The minimum atomic E-state index is 0.286. The molecule has 2 rings (SSSR count). The van der Waals surface area contributed by atoms with E-state index in [-0.39, 0.29) is 5.92 Å². The Bertz CT molecular complexity index is 568. The number of nitrogens with zero attached hydrogens (tertiary/aromatic N) is 4. The number of aryl methyl sites for hydroxylation is 1. The molecule has 0 aromatic carbocycles. The SMILES string of the molecule is Cc1ncsc1CN(C)c1ncnc(Cl)c1C(C)C. The summed E-state index contributed by atoms with van der Waals surface area (Å²) in [4.78, 5) is 16.1. The van der Waals surface area contributed by atoms with Gasteiger partial charge in [-0.15, -0.1) is 11.3 Å². The zero-order valence-electron chi connectivity index (χ0n) is 11.5. The Hall–Kier alpha value is -1.20. The van der Waals surface area contributed by atoms with Gasteiger partial charge in [-0.25, -0.2) is 15.0 Å². The quantitative estimate of drug-likeness (QED) is 0.808. The van der Waals surface area contributed by atoms with E-state index in [1.54, 1.807) is 11.3 Å². The fourth-order valence-electron chi connectivity index (χ4n) is 1.93. The molecular weight excluding hydrogens is 280 g/mol. The number of hydrogen-bond donors (Lipinski definition) is 0. The molecule has 0 aliphatic carbocycles. The Kier molecular flexibility index (Phi) is 4.37. The van der Waals surface area contributed by atoms with E-state index in [1.807, 2.05) is 19.5 Å². The van der Waals surface area contributed by atoms with E-state index in [9.17, 15) is 0 Å². The lowest BCUT2D eigenvalue weighted by molar-refractivity contribution is 0.809. The normalized spacial score (nSPS) is 11.1.